The van der Waals surface area contributed by atoms with Gasteiger partial charge in [0.25, 0.3) is 0 Å². The summed E-state index contributed by atoms with van der Waals surface area (Å²) in [5.74, 6) is -2.85. The van der Waals surface area contributed by atoms with Gasteiger partial charge in [0.2, 0.25) is 11.8 Å². The zero-order valence-corrected chi connectivity index (χ0v) is 10.7. The van der Waals surface area contributed by atoms with Crippen molar-refractivity contribution in [1.82, 2.24) is 5.32 Å². The number of carboxylic acids is 1. The summed E-state index contributed by atoms with van der Waals surface area (Å²) in [6.45, 7) is 3.39. The van der Waals surface area contributed by atoms with Gasteiger partial charge in [-0.2, -0.15) is 0 Å². The van der Waals surface area contributed by atoms with E-state index in [1.54, 1.807) is 13.8 Å². The van der Waals surface area contributed by atoms with Crippen molar-refractivity contribution in [3.05, 3.63) is 0 Å². The molecule has 0 aliphatic heterocycles. The Balaban J connectivity index is 2.65. The van der Waals surface area contributed by atoms with Crippen molar-refractivity contribution in [2.75, 3.05) is 0 Å². The van der Waals surface area contributed by atoms with Crippen LogP contribution in [0.5, 0.6) is 0 Å². The van der Waals surface area contributed by atoms with Crippen LogP contribution in [0.2, 0.25) is 0 Å². The third-order valence-corrected chi connectivity index (χ3v) is 3.25. The largest absolute Gasteiger partial charge is 0.481 e. The van der Waals surface area contributed by atoms with Crippen LogP contribution in [0.1, 0.15) is 39.5 Å². The Bertz CT molecular complexity index is 365. The molecule has 1 aliphatic carbocycles. The predicted octanol–water partition coefficient (Wildman–Crippen LogP) is 0.258. The zero-order valence-electron chi connectivity index (χ0n) is 10.7. The third kappa shape index (κ3) is 3.72. The molecule has 1 saturated carbocycles. The number of hydrogen-bond acceptors (Lipinski definition) is 3. The lowest BCUT2D eigenvalue weighted by molar-refractivity contribution is -0.146. The van der Waals surface area contributed by atoms with Gasteiger partial charge in [-0.25, -0.2) is 0 Å². The van der Waals surface area contributed by atoms with E-state index in [4.69, 9.17) is 10.8 Å². The van der Waals surface area contributed by atoms with Gasteiger partial charge in [-0.3, -0.25) is 14.4 Å². The molecule has 2 amide bonds. The average Bonchev–Trinajstić information content (AvgIpc) is 2.61. The van der Waals surface area contributed by atoms with Gasteiger partial charge in [-0.15, -0.1) is 0 Å². The van der Waals surface area contributed by atoms with Gasteiger partial charge >= 0.3 is 5.97 Å². The molecule has 18 heavy (non-hydrogen) atoms. The molecule has 1 rings (SSSR count). The second kappa shape index (κ2) is 5.37. The first-order chi connectivity index (χ1) is 8.23. The van der Waals surface area contributed by atoms with Gasteiger partial charge in [0.1, 0.15) is 0 Å². The van der Waals surface area contributed by atoms with Gasteiger partial charge in [-0.1, -0.05) is 6.42 Å². The summed E-state index contributed by atoms with van der Waals surface area (Å²) in [4.78, 5) is 33.9. The van der Waals surface area contributed by atoms with Crippen molar-refractivity contribution in [3.63, 3.8) is 0 Å². The Morgan fingerprint density at radius 3 is 2.33 bits per heavy atom. The van der Waals surface area contributed by atoms with E-state index in [0.717, 1.165) is 6.42 Å². The number of carbonyl (C=O) groups is 3. The van der Waals surface area contributed by atoms with Crippen LogP contribution >= 0.6 is 0 Å². The van der Waals surface area contributed by atoms with E-state index in [9.17, 15) is 14.4 Å². The molecular formula is C12H20N2O4. The highest BCUT2D eigenvalue weighted by Gasteiger charge is 2.39. The Morgan fingerprint density at radius 1 is 1.28 bits per heavy atom. The molecule has 0 bridgehead atoms. The number of aliphatic carboxylic acids is 1. The molecule has 0 radical (unpaired) electrons. The predicted molar refractivity (Wildman–Crippen MR) is 64.5 cm³/mol. The SMILES string of the molecule is CC(C)(CC(N)=O)NC(=O)C1CCCC1C(=O)O. The summed E-state index contributed by atoms with van der Waals surface area (Å²) >= 11 is 0. The summed E-state index contributed by atoms with van der Waals surface area (Å²) in [6.07, 6.45) is 1.88. The molecule has 1 fully saturated rings. The number of amides is 2. The van der Waals surface area contributed by atoms with E-state index in [1.165, 1.54) is 0 Å². The maximum atomic E-state index is 12.0. The van der Waals surface area contributed by atoms with E-state index >= 15 is 0 Å². The normalized spacial score (nSPS) is 23.7. The van der Waals surface area contributed by atoms with Crippen LogP contribution in [-0.4, -0.2) is 28.4 Å². The first kappa shape index (κ1) is 14.5. The Hall–Kier alpha value is -1.59. The fourth-order valence-electron chi connectivity index (χ4n) is 2.48. The molecule has 0 heterocycles. The Kier molecular flexibility index (Phi) is 4.32. The second-order valence-electron chi connectivity index (χ2n) is 5.50. The van der Waals surface area contributed by atoms with Gasteiger partial charge in [0, 0.05) is 12.0 Å². The molecule has 0 aromatic heterocycles. The zero-order chi connectivity index (χ0) is 13.9. The minimum Gasteiger partial charge on any atom is -0.481 e. The van der Waals surface area contributed by atoms with Crippen LogP contribution < -0.4 is 11.1 Å². The fraction of sp³-hybridized carbons (Fsp3) is 0.750. The number of carboxylic acid groups (broad SMARTS) is 1. The fourth-order valence-corrected chi connectivity index (χ4v) is 2.48. The van der Waals surface area contributed by atoms with Crippen LogP contribution in [0.4, 0.5) is 0 Å². The van der Waals surface area contributed by atoms with Crippen molar-refractivity contribution in [2.24, 2.45) is 17.6 Å². The van der Waals surface area contributed by atoms with E-state index in [0.29, 0.717) is 12.8 Å². The molecule has 6 nitrogen and oxygen atoms in total. The lowest BCUT2D eigenvalue weighted by atomic mass is 9.92. The van der Waals surface area contributed by atoms with Crippen molar-refractivity contribution in [2.45, 2.75) is 45.1 Å². The summed E-state index contributed by atoms with van der Waals surface area (Å²) in [7, 11) is 0. The third-order valence-electron chi connectivity index (χ3n) is 3.25. The Labute approximate surface area is 106 Å². The molecule has 6 heteroatoms. The lowest BCUT2D eigenvalue weighted by Gasteiger charge is -2.27. The van der Waals surface area contributed by atoms with Gasteiger partial charge in [0.05, 0.1) is 11.8 Å². The van der Waals surface area contributed by atoms with E-state index in [-0.39, 0.29) is 12.3 Å². The van der Waals surface area contributed by atoms with Gasteiger partial charge in [0.15, 0.2) is 0 Å². The number of hydrogen-bond donors (Lipinski definition) is 3. The van der Waals surface area contributed by atoms with E-state index < -0.39 is 29.3 Å². The highest BCUT2D eigenvalue weighted by molar-refractivity contribution is 5.86. The smallest absolute Gasteiger partial charge is 0.307 e. The van der Waals surface area contributed by atoms with Crippen LogP contribution in [-0.2, 0) is 14.4 Å². The van der Waals surface area contributed by atoms with Crippen molar-refractivity contribution in [3.8, 4) is 0 Å². The topological polar surface area (TPSA) is 109 Å². The highest BCUT2D eigenvalue weighted by atomic mass is 16.4. The summed E-state index contributed by atoms with van der Waals surface area (Å²) in [5.41, 5.74) is 4.36. The van der Waals surface area contributed by atoms with Crippen LogP contribution in [0.3, 0.4) is 0 Å². The second-order valence-corrected chi connectivity index (χ2v) is 5.50. The van der Waals surface area contributed by atoms with Gasteiger partial charge in [-0.05, 0) is 26.7 Å². The molecule has 0 spiro atoms. The monoisotopic (exact) mass is 256 g/mol. The summed E-state index contributed by atoms with van der Waals surface area (Å²) < 4.78 is 0. The number of carbonyl (C=O) groups excluding carboxylic acids is 2. The van der Waals surface area contributed by atoms with Gasteiger partial charge < -0.3 is 16.2 Å². The minimum atomic E-state index is -0.930. The standard InChI is InChI=1S/C12H20N2O4/c1-12(2,6-9(13)15)14-10(16)7-4-3-5-8(7)11(17)18/h7-8H,3-6H2,1-2H3,(H2,13,15)(H,14,16)(H,17,18). The average molecular weight is 256 g/mol. The maximum Gasteiger partial charge on any atom is 0.307 e. The molecule has 0 aromatic carbocycles. The molecule has 0 saturated heterocycles. The van der Waals surface area contributed by atoms with Crippen LogP contribution in [0.15, 0.2) is 0 Å². The number of nitrogens with one attached hydrogen (secondary N) is 1. The summed E-state index contributed by atoms with van der Waals surface area (Å²) in [6, 6.07) is 0. The maximum absolute atomic E-state index is 12.0. The molecular weight excluding hydrogens is 236 g/mol. The van der Waals surface area contributed by atoms with E-state index in [2.05, 4.69) is 5.32 Å². The minimum absolute atomic E-state index is 0.0310. The van der Waals surface area contributed by atoms with Crippen molar-refractivity contribution >= 4 is 17.8 Å². The number of primary amides is 1. The quantitative estimate of drug-likeness (QED) is 0.655. The molecule has 2 unspecified atom stereocenters. The molecule has 1 aliphatic rings. The first-order valence-electron chi connectivity index (χ1n) is 6.06. The molecule has 0 aromatic rings. The van der Waals surface area contributed by atoms with Crippen molar-refractivity contribution in [1.29, 1.82) is 0 Å². The Morgan fingerprint density at radius 2 is 1.83 bits per heavy atom. The van der Waals surface area contributed by atoms with Crippen molar-refractivity contribution < 1.29 is 19.5 Å². The van der Waals surface area contributed by atoms with Crippen LogP contribution in [0, 0.1) is 11.8 Å². The molecule has 4 N–H and O–H groups in total. The highest BCUT2D eigenvalue weighted by Crippen LogP contribution is 2.32. The number of rotatable bonds is 5. The van der Waals surface area contributed by atoms with E-state index in [1.807, 2.05) is 0 Å². The molecule has 102 valence electrons. The first-order valence-corrected chi connectivity index (χ1v) is 6.06. The lowest BCUT2D eigenvalue weighted by Crippen LogP contribution is -2.49. The van der Waals surface area contributed by atoms with Crippen LogP contribution in [0.25, 0.3) is 0 Å². The molecule has 2 atom stereocenters. The number of nitrogens with two attached hydrogens (primary N) is 1. The summed E-state index contributed by atoms with van der Waals surface area (Å²) in [5, 5.41) is 11.7.